The quantitative estimate of drug-likeness (QED) is 0.746. The van der Waals surface area contributed by atoms with E-state index in [4.69, 9.17) is 9.73 Å². The van der Waals surface area contributed by atoms with Crippen molar-refractivity contribution >= 4 is 5.71 Å². The van der Waals surface area contributed by atoms with Crippen molar-refractivity contribution in [2.75, 3.05) is 7.11 Å². The molecule has 2 nitrogen and oxygen atoms in total. The SMILES string of the molecule is COc1ccc([C@H](C)/N=C(/C)c2ccccc2)cc1. The van der Waals surface area contributed by atoms with E-state index in [-0.39, 0.29) is 6.04 Å². The summed E-state index contributed by atoms with van der Waals surface area (Å²) in [6.45, 7) is 4.16. The number of aliphatic imine (C=N–C) groups is 1. The van der Waals surface area contributed by atoms with Gasteiger partial charge in [0.1, 0.15) is 5.75 Å². The van der Waals surface area contributed by atoms with E-state index in [2.05, 4.69) is 38.1 Å². The summed E-state index contributed by atoms with van der Waals surface area (Å²) in [5.74, 6) is 0.875. The molecule has 2 rings (SSSR count). The summed E-state index contributed by atoms with van der Waals surface area (Å²) in [6.07, 6.45) is 0. The number of methoxy groups -OCH3 is 1. The Morgan fingerprint density at radius 1 is 1.00 bits per heavy atom. The molecule has 1 atom stereocenters. The molecule has 2 aromatic rings. The monoisotopic (exact) mass is 253 g/mol. The normalized spacial score (nSPS) is 13.1. The maximum atomic E-state index is 5.16. The zero-order valence-electron chi connectivity index (χ0n) is 11.6. The Morgan fingerprint density at radius 3 is 2.21 bits per heavy atom. The van der Waals surface area contributed by atoms with Gasteiger partial charge >= 0.3 is 0 Å². The fraction of sp³-hybridized carbons (Fsp3) is 0.235. The third-order valence-corrected chi connectivity index (χ3v) is 3.18. The molecule has 0 heterocycles. The number of benzene rings is 2. The van der Waals surface area contributed by atoms with Gasteiger partial charge in [-0.15, -0.1) is 0 Å². The molecule has 19 heavy (non-hydrogen) atoms. The van der Waals surface area contributed by atoms with Crippen LogP contribution in [0.5, 0.6) is 5.75 Å². The van der Waals surface area contributed by atoms with Gasteiger partial charge < -0.3 is 4.74 Å². The summed E-state index contributed by atoms with van der Waals surface area (Å²) in [7, 11) is 1.68. The first-order valence-corrected chi connectivity index (χ1v) is 6.44. The number of hydrogen-bond donors (Lipinski definition) is 0. The van der Waals surface area contributed by atoms with Crippen molar-refractivity contribution in [3.8, 4) is 5.75 Å². The van der Waals surface area contributed by atoms with Gasteiger partial charge in [-0.2, -0.15) is 0 Å². The average molecular weight is 253 g/mol. The highest BCUT2D eigenvalue weighted by Gasteiger charge is 2.05. The van der Waals surface area contributed by atoms with E-state index in [1.807, 2.05) is 30.3 Å². The van der Waals surface area contributed by atoms with Crippen LogP contribution in [0.1, 0.15) is 31.0 Å². The van der Waals surface area contributed by atoms with Crippen molar-refractivity contribution in [1.29, 1.82) is 0 Å². The maximum absolute atomic E-state index is 5.16. The molecule has 0 saturated heterocycles. The van der Waals surface area contributed by atoms with Crippen LogP contribution in [0.2, 0.25) is 0 Å². The average Bonchev–Trinajstić information content (AvgIpc) is 2.48. The smallest absolute Gasteiger partial charge is 0.118 e. The molecule has 0 unspecified atom stereocenters. The second-order valence-electron chi connectivity index (χ2n) is 4.53. The second kappa shape index (κ2) is 6.19. The van der Waals surface area contributed by atoms with E-state index in [1.165, 1.54) is 11.1 Å². The van der Waals surface area contributed by atoms with E-state index in [1.54, 1.807) is 7.11 Å². The van der Waals surface area contributed by atoms with Crippen molar-refractivity contribution in [2.45, 2.75) is 19.9 Å². The van der Waals surface area contributed by atoms with Crippen LogP contribution in [-0.4, -0.2) is 12.8 Å². The van der Waals surface area contributed by atoms with E-state index >= 15 is 0 Å². The number of rotatable bonds is 4. The van der Waals surface area contributed by atoms with Gasteiger partial charge in [-0.1, -0.05) is 42.5 Å². The van der Waals surface area contributed by atoms with Crippen LogP contribution in [0.15, 0.2) is 59.6 Å². The summed E-state index contributed by atoms with van der Waals surface area (Å²) >= 11 is 0. The van der Waals surface area contributed by atoms with E-state index < -0.39 is 0 Å². The fourth-order valence-corrected chi connectivity index (χ4v) is 2.00. The second-order valence-corrected chi connectivity index (χ2v) is 4.53. The first-order chi connectivity index (χ1) is 9.20. The molecule has 98 valence electrons. The molecule has 0 bridgehead atoms. The molecule has 2 aromatic carbocycles. The minimum absolute atomic E-state index is 0.145. The molecule has 0 radical (unpaired) electrons. The summed E-state index contributed by atoms with van der Waals surface area (Å²) in [4.78, 5) is 4.75. The first kappa shape index (κ1) is 13.3. The van der Waals surface area contributed by atoms with Crippen LogP contribution in [-0.2, 0) is 0 Å². The lowest BCUT2D eigenvalue weighted by molar-refractivity contribution is 0.414. The molecular formula is C17H19NO. The van der Waals surface area contributed by atoms with Gasteiger partial charge in [0.05, 0.1) is 13.2 Å². The summed E-state index contributed by atoms with van der Waals surface area (Å²) < 4.78 is 5.16. The minimum Gasteiger partial charge on any atom is -0.497 e. The van der Waals surface area contributed by atoms with Gasteiger partial charge in [-0.25, -0.2) is 0 Å². The third-order valence-electron chi connectivity index (χ3n) is 3.18. The van der Waals surface area contributed by atoms with Gasteiger partial charge in [0, 0.05) is 5.71 Å². The molecule has 0 aliphatic heterocycles. The van der Waals surface area contributed by atoms with Crippen LogP contribution in [0, 0.1) is 0 Å². The summed E-state index contributed by atoms with van der Waals surface area (Å²) in [6, 6.07) is 18.5. The highest BCUT2D eigenvalue weighted by Crippen LogP contribution is 2.21. The largest absolute Gasteiger partial charge is 0.497 e. The molecule has 0 aliphatic carbocycles. The van der Waals surface area contributed by atoms with Crippen molar-refractivity contribution in [3.05, 3.63) is 65.7 Å². The zero-order chi connectivity index (χ0) is 13.7. The number of ether oxygens (including phenoxy) is 1. The van der Waals surface area contributed by atoms with Gasteiger partial charge in [-0.05, 0) is 37.1 Å². The molecule has 2 heteroatoms. The summed E-state index contributed by atoms with van der Waals surface area (Å²) in [5, 5.41) is 0. The molecule has 0 amide bonds. The van der Waals surface area contributed by atoms with E-state index in [9.17, 15) is 0 Å². The lowest BCUT2D eigenvalue weighted by atomic mass is 10.1. The Bertz CT molecular complexity index is 543. The van der Waals surface area contributed by atoms with Crippen molar-refractivity contribution in [2.24, 2.45) is 4.99 Å². The van der Waals surface area contributed by atoms with Crippen LogP contribution in [0.25, 0.3) is 0 Å². The van der Waals surface area contributed by atoms with Crippen molar-refractivity contribution in [3.63, 3.8) is 0 Å². The van der Waals surface area contributed by atoms with Gasteiger partial charge in [0.25, 0.3) is 0 Å². The van der Waals surface area contributed by atoms with Crippen LogP contribution in [0.4, 0.5) is 0 Å². The zero-order valence-corrected chi connectivity index (χ0v) is 11.6. The minimum atomic E-state index is 0.145. The Hall–Kier alpha value is -2.09. The van der Waals surface area contributed by atoms with Crippen LogP contribution in [0.3, 0.4) is 0 Å². The van der Waals surface area contributed by atoms with Crippen LogP contribution >= 0.6 is 0 Å². The Kier molecular flexibility index (Phi) is 4.35. The van der Waals surface area contributed by atoms with Gasteiger partial charge in [0.2, 0.25) is 0 Å². The molecule has 0 aromatic heterocycles. The molecule has 0 aliphatic rings. The Balaban J connectivity index is 2.17. The Morgan fingerprint density at radius 2 is 1.63 bits per heavy atom. The van der Waals surface area contributed by atoms with Crippen molar-refractivity contribution in [1.82, 2.24) is 0 Å². The maximum Gasteiger partial charge on any atom is 0.118 e. The van der Waals surface area contributed by atoms with Crippen molar-refractivity contribution < 1.29 is 4.74 Å². The number of nitrogens with zero attached hydrogens (tertiary/aromatic N) is 1. The topological polar surface area (TPSA) is 21.6 Å². The first-order valence-electron chi connectivity index (χ1n) is 6.44. The number of hydrogen-bond acceptors (Lipinski definition) is 2. The highest BCUT2D eigenvalue weighted by molar-refractivity contribution is 5.98. The van der Waals surface area contributed by atoms with E-state index in [0.717, 1.165) is 11.5 Å². The standard InChI is InChI=1S/C17H19NO/c1-13(15-7-5-4-6-8-15)18-14(2)16-9-11-17(19-3)12-10-16/h4-12,14H,1-3H3/b18-13-/t14-/m0/s1. The molecule has 0 fully saturated rings. The van der Waals surface area contributed by atoms with Gasteiger partial charge in [-0.3, -0.25) is 4.99 Å². The predicted octanol–water partition coefficient (Wildman–Crippen LogP) is 4.27. The highest BCUT2D eigenvalue weighted by atomic mass is 16.5. The van der Waals surface area contributed by atoms with Gasteiger partial charge in [0.15, 0.2) is 0 Å². The lowest BCUT2D eigenvalue weighted by Crippen LogP contribution is -1.98. The lowest BCUT2D eigenvalue weighted by Gasteiger charge is -2.10. The van der Waals surface area contributed by atoms with E-state index in [0.29, 0.717) is 0 Å². The van der Waals surface area contributed by atoms with Crippen LogP contribution < -0.4 is 4.74 Å². The summed E-state index contributed by atoms with van der Waals surface area (Å²) in [5.41, 5.74) is 3.42. The molecule has 0 spiro atoms. The third kappa shape index (κ3) is 3.44. The Labute approximate surface area is 114 Å². The fourth-order valence-electron chi connectivity index (χ4n) is 2.00. The molecule has 0 N–H and O–H groups in total. The molecular weight excluding hydrogens is 234 g/mol. The predicted molar refractivity (Wildman–Crippen MR) is 80.1 cm³/mol. The molecule has 0 saturated carbocycles.